The summed E-state index contributed by atoms with van der Waals surface area (Å²) >= 11 is 1.09. The molecule has 0 aliphatic carbocycles. The summed E-state index contributed by atoms with van der Waals surface area (Å²) in [5, 5.41) is 30.8. The van der Waals surface area contributed by atoms with Gasteiger partial charge in [-0.15, -0.1) is 0 Å². The average Bonchev–Trinajstić information content (AvgIpc) is 2.64. The Morgan fingerprint density at radius 1 is 1.42 bits per heavy atom. The number of thioether (sulfide) groups is 1. The van der Waals surface area contributed by atoms with E-state index < -0.39 is 41.4 Å². The van der Waals surface area contributed by atoms with E-state index in [1.54, 1.807) is 6.92 Å². The van der Waals surface area contributed by atoms with Gasteiger partial charge in [0.2, 0.25) is 4.93 Å². The van der Waals surface area contributed by atoms with Crippen molar-refractivity contribution in [1.29, 1.82) is 0 Å². The van der Waals surface area contributed by atoms with Gasteiger partial charge in [-0.2, -0.15) is 0 Å². The maximum absolute atomic E-state index is 12.6. The summed E-state index contributed by atoms with van der Waals surface area (Å²) in [6, 6.07) is 6.52. The van der Waals surface area contributed by atoms with Crippen LogP contribution < -0.4 is 5.73 Å². The summed E-state index contributed by atoms with van der Waals surface area (Å²) in [5.41, 5.74) is 7.05. The molecule has 0 amide bonds. The van der Waals surface area contributed by atoms with Crippen LogP contribution in [0, 0.1) is 6.92 Å². The number of benzene rings is 1. The molecule has 0 aromatic heterocycles. The van der Waals surface area contributed by atoms with Crippen LogP contribution in [0.15, 0.2) is 29.2 Å². The third kappa shape index (κ3) is 4.39. The van der Waals surface area contributed by atoms with Crippen molar-refractivity contribution in [3.63, 3.8) is 0 Å². The van der Waals surface area contributed by atoms with E-state index in [1.165, 1.54) is 7.11 Å². The lowest BCUT2D eigenvalue weighted by Gasteiger charge is -2.45. The van der Waals surface area contributed by atoms with Crippen molar-refractivity contribution in [3.8, 4) is 0 Å². The van der Waals surface area contributed by atoms with Gasteiger partial charge >= 0.3 is 5.97 Å². The van der Waals surface area contributed by atoms with Crippen LogP contribution in [0.2, 0.25) is 0 Å². The predicted octanol–water partition coefficient (Wildman–Crippen LogP) is 0.565. The lowest BCUT2D eigenvalue weighted by Crippen LogP contribution is -2.64. The molecule has 0 saturated carbocycles. The molecule has 26 heavy (non-hydrogen) atoms. The van der Waals surface area contributed by atoms with E-state index in [0.717, 1.165) is 22.2 Å². The molecule has 1 aromatic rings. The first-order chi connectivity index (χ1) is 12.2. The van der Waals surface area contributed by atoms with Crippen molar-refractivity contribution in [2.75, 3.05) is 7.11 Å². The van der Waals surface area contributed by atoms with E-state index in [9.17, 15) is 20.1 Å². The molecule has 2 rings (SSSR count). The van der Waals surface area contributed by atoms with Crippen molar-refractivity contribution in [3.05, 3.63) is 29.8 Å². The maximum Gasteiger partial charge on any atom is 0.349 e. The standard InChI is InChI=1S/C18H27NO6S/c1-4-12(20)15(22)16-14(19)13(21)9-18(25-16,17(23)24-3)26-11-7-5-10(2)6-8-11/h5-8,12-16,20-22H,4,9,19H2,1-3H3/t12-,13+,14-,15-,16-,18-/m1/s1. The second kappa shape index (κ2) is 8.69. The number of aryl methyl sites for hydroxylation is 1. The Kier molecular flexibility index (Phi) is 7.06. The quantitative estimate of drug-likeness (QED) is 0.524. The van der Waals surface area contributed by atoms with Crippen molar-refractivity contribution in [1.82, 2.24) is 0 Å². The normalized spacial score (nSPS) is 31.3. The number of carbonyl (C=O) groups excluding carboxylic acids is 1. The molecule has 0 bridgehead atoms. The zero-order chi connectivity index (χ0) is 19.5. The molecule has 5 N–H and O–H groups in total. The van der Waals surface area contributed by atoms with Crippen LogP contribution in [0.25, 0.3) is 0 Å². The zero-order valence-corrected chi connectivity index (χ0v) is 16.0. The second-order valence-corrected chi connectivity index (χ2v) is 7.89. The number of hydrogen-bond acceptors (Lipinski definition) is 8. The van der Waals surface area contributed by atoms with Crippen LogP contribution in [0.3, 0.4) is 0 Å². The molecule has 1 aromatic carbocycles. The Morgan fingerprint density at radius 2 is 2.04 bits per heavy atom. The molecule has 8 heteroatoms. The highest BCUT2D eigenvalue weighted by Crippen LogP contribution is 2.44. The Labute approximate surface area is 157 Å². The number of nitrogens with two attached hydrogens (primary N) is 1. The fourth-order valence-corrected chi connectivity index (χ4v) is 4.16. The number of carbonyl (C=O) groups is 1. The van der Waals surface area contributed by atoms with Gasteiger partial charge in [-0.25, -0.2) is 4.79 Å². The number of hydrogen-bond donors (Lipinski definition) is 4. The van der Waals surface area contributed by atoms with Crippen LogP contribution in [0.5, 0.6) is 0 Å². The number of rotatable bonds is 6. The molecule has 1 aliphatic rings. The minimum Gasteiger partial charge on any atom is -0.466 e. The lowest BCUT2D eigenvalue weighted by atomic mass is 9.90. The molecule has 6 atom stereocenters. The third-order valence-corrected chi connectivity index (χ3v) is 5.84. The number of aliphatic hydroxyl groups is 3. The van der Waals surface area contributed by atoms with Crippen LogP contribution in [0.1, 0.15) is 25.3 Å². The summed E-state index contributed by atoms with van der Waals surface area (Å²) in [4.78, 5) is 11.7. The summed E-state index contributed by atoms with van der Waals surface area (Å²) in [7, 11) is 1.23. The highest BCUT2D eigenvalue weighted by atomic mass is 32.2. The third-order valence-electron chi connectivity index (χ3n) is 4.58. The van der Waals surface area contributed by atoms with Gasteiger partial charge in [0.05, 0.1) is 25.4 Å². The van der Waals surface area contributed by atoms with Gasteiger partial charge in [-0.3, -0.25) is 0 Å². The molecule has 146 valence electrons. The van der Waals surface area contributed by atoms with Crippen LogP contribution >= 0.6 is 11.8 Å². The molecule has 0 unspecified atom stereocenters. The van der Waals surface area contributed by atoms with E-state index in [-0.39, 0.29) is 12.8 Å². The van der Waals surface area contributed by atoms with Crippen LogP contribution in [-0.2, 0) is 14.3 Å². The van der Waals surface area contributed by atoms with E-state index in [2.05, 4.69) is 0 Å². The van der Waals surface area contributed by atoms with Gasteiger partial charge < -0.3 is 30.5 Å². The Bertz CT molecular complexity index is 612. The topological polar surface area (TPSA) is 122 Å². The molecule has 1 saturated heterocycles. The molecule has 0 radical (unpaired) electrons. The van der Waals surface area contributed by atoms with Crippen LogP contribution in [0.4, 0.5) is 0 Å². The highest BCUT2D eigenvalue weighted by molar-refractivity contribution is 8.01. The maximum atomic E-state index is 12.6. The molecular weight excluding hydrogens is 358 g/mol. The number of esters is 1. The lowest BCUT2D eigenvalue weighted by molar-refractivity contribution is -0.201. The zero-order valence-electron chi connectivity index (χ0n) is 15.2. The van der Waals surface area contributed by atoms with Gasteiger partial charge in [0.15, 0.2) is 0 Å². The first kappa shape index (κ1) is 21.1. The molecule has 1 heterocycles. The first-order valence-corrected chi connectivity index (χ1v) is 9.37. The van der Waals surface area contributed by atoms with E-state index in [0.29, 0.717) is 0 Å². The number of methoxy groups -OCH3 is 1. The van der Waals surface area contributed by atoms with E-state index in [4.69, 9.17) is 15.2 Å². The van der Waals surface area contributed by atoms with E-state index in [1.807, 2.05) is 31.2 Å². The van der Waals surface area contributed by atoms with Gasteiger partial charge in [-0.05, 0) is 25.5 Å². The molecule has 1 aliphatic heterocycles. The van der Waals surface area contributed by atoms with Crippen LogP contribution in [-0.4, -0.2) is 63.8 Å². The Balaban J connectivity index is 2.36. The summed E-state index contributed by atoms with van der Waals surface area (Å²) < 4.78 is 10.8. The summed E-state index contributed by atoms with van der Waals surface area (Å²) in [6.07, 6.45) is -4.47. The Morgan fingerprint density at radius 3 is 2.58 bits per heavy atom. The second-order valence-electron chi connectivity index (χ2n) is 6.56. The Hall–Kier alpha value is -1.16. The monoisotopic (exact) mass is 385 g/mol. The molecular formula is C18H27NO6S. The highest BCUT2D eigenvalue weighted by Gasteiger charge is 2.54. The van der Waals surface area contributed by atoms with Crippen molar-refractivity contribution in [2.24, 2.45) is 5.73 Å². The molecule has 7 nitrogen and oxygen atoms in total. The number of ether oxygens (including phenoxy) is 2. The van der Waals surface area contributed by atoms with Gasteiger partial charge in [0.25, 0.3) is 0 Å². The SMILES string of the molecule is CC[C@@H](O)[C@@H](O)[C@@H]1O[C@](Sc2ccc(C)cc2)(C(=O)OC)C[C@H](O)[C@H]1N. The molecule has 0 spiro atoms. The minimum atomic E-state index is -1.57. The smallest absolute Gasteiger partial charge is 0.349 e. The van der Waals surface area contributed by atoms with Crippen molar-refractivity contribution in [2.45, 2.75) is 67.0 Å². The van der Waals surface area contributed by atoms with Crippen molar-refractivity contribution < 1.29 is 29.6 Å². The molecule has 1 fully saturated rings. The summed E-state index contributed by atoms with van der Waals surface area (Å²) in [5.74, 6) is -0.683. The van der Waals surface area contributed by atoms with Crippen molar-refractivity contribution >= 4 is 17.7 Å². The largest absolute Gasteiger partial charge is 0.466 e. The summed E-state index contributed by atoms with van der Waals surface area (Å²) in [6.45, 7) is 3.65. The minimum absolute atomic E-state index is 0.0924. The van der Waals surface area contributed by atoms with Gasteiger partial charge in [0, 0.05) is 11.3 Å². The van der Waals surface area contributed by atoms with Gasteiger partial charge in [-0.1, -0.05) is 36.4 Å². The van der Waals surface area contributed by atoms with Gasteiger partial charge in [0.1, 0.15) is 12.2 Å². The van der Waals surface area contributed by atoms with E-state index >= 15 is 0 Å². The first-order valence-electron chi connectivity index (χ1n) is 8.55. The number of aliphatic hydroxyl groups excluding tert-OH is 3. The fraction of sp³-hybridized carbons (Fsp3) is 0.611. The average molecular weight is 385 g/mol. The predicted molar refractivity (Wildman–Crippen MR) is 97.6 cm³/mol. The fourth-order valence-electron chi connectivity index (χ4n) is 2.93.